The van der Waals surface area contributed by atoms with E-state index in [0.717, 1.165) is 50.3 Å². The largest absolute Gasteiger partial charge is 0.377 e. The molecule has 0 aromatic carbocycles. The summed E-state index contributed by atoms with van der Waals surface area (Å²) in [6.07, 6.45) is 2.57. The van der Waals surface area contributed by atoms with Crippen molar-refractivity contribution in [2.24, 2.45) is 0 Å². The van der Waals surface area contributed by atoms with E-state index < -0.39 is 0 Å². The maximum atomic E-state index is 12.6. The van der Waals surface area contributed by atoms with E-state index in [4.69, 9.17) is 4.74 Å². The molecule has 4 nitrogen and oxygen atoms in total. The van der Waals surface area contributed by atoms with E-state index in [2.05, 4.69) is 30.2 Å². The number of hydrogen-bond acceptors (Lipinski definition) is 3. The van der Waals surface area contributed by atoms with Crippen LogP contribution in [0, 0.1) is 13.8 Å². The number of aryl methyl sites for hydroxylation is 1. The zero-order valence-corrected chi connectivity index (χ0v) is 13.8. The van der Waals surface area contributed by atoms with Gasteiger partial charge in [-0.15, -0.1) is 0 Å². The lowest BCUT2D eigenvalue weighted by molar-refractivity contribution is 0.0686. The molecule has 0 spiro atoms. The van der Waals surface area contributed by atoms with Gasteiger partial charge in [0.05, 0.1) is 12.6 Å². The Morgan fingerprint density at radius 3 is 2.71 bits per heavy atom. The molecule has 1 saturated heterocycles. The van der Waals surface area contributed by atoms with Crippen molar-refractivity contribution in [2.75, 3.05) is 26.2 Å². The van der Waals surface area contributed by atoms with E-state index in [-0.39, 0.29) is 5.78 Å². The number of carbonyl (C=O) groups excluding carboxylic acids is 1. The van der Waals surface area contributed by atoms with Gasteiger partial charge in [0.2, 0.25) is 0 Å². The average Bonchev–Trinajstić information content (AvgIpc) is 3.06. The normalized spacial score (nSPS) is 18.6. The van der Waals surface area contributed by atoms with Crippen LogP contribution in [-0.2, 0) is 11.3 Å². The van der Waals surface area contributed by atoms with Crippen LogP contribution in [0.15, 0.2) is 6.07 Å². The van der Waals surface area contributed by atoms with Gasteiger partial charge in [0.25, 0.3) is 0 Å². The molecular weight excluding hydrogens is 264 g/mol. The predicted octanol–water partition coefficient (Wildman–Crippen LogP) is 2.81. The van der Waals surface area contributed by atoms with Crippen LogP contribution in [0.2, 0.25) is 0 Å². The van der Waals surface area contributed by atoms with Crippen molar-refractivity contribution < 1.29 is 9.53 Å². The van der Waals surface area contributed by atoms with Gasteiger partial charge in [-0.1, -0.05) is 6.92 Å². The number of Topliss-reactive ketones (excluding diaryl/α,β-unsaturated/α-hetero) is 1. The second-order valence-electron chi connectivity index (χ2n) is 5.92. The average molecular weight is 292 g/mol. The molecule has 1 fully saturated rings. The summed E-state index contributed by atoms with van der Waals surface area (Å²) >= 11 is 0. The van der Waals surface area contributed by atoms with Crippen molar-refractivity contribution in [3.8, 4) is 0 Å². The number of ketones is 1. The van der Waals surface area contributed by atoms with E-state index in [1.54, 1.807) is 0 Å². The van der Waals surface area contributed by atoms with Crippen molar-refractivity contribution in [3.63, 3.8) is 0 Å². The summed E-state index contributed by atoms with van der Waals surface area (Å²) < 4.78 is 7.88. The minimum atomic E-state index is 0.225. The van der Waals surface area contributed by atoms with Gasteiger partial charge in [-0.05, 0) is 46.2 Å². The monoisotopic (exact) mass is 292 g/mol. The Balaban J connectivity index is 2.01. The van der Waals surface area contributed by atoms with Crippen molar-refractivity contribution in [1.29, 1.82) is 0 Å². The van der Waals surface area contributed by atoms with Gasteiger partial charge < -0.3 is 9.30 Å². The first-order valence-electron chi connectivity index (χ1n) is 8.10. The Kier molecular flexibility index (Phi) is 5.59. The van der Waals surface area contributed by atoms with E-state index in [1.165, 1.54) is 5.69 Å². The van der Waals surface area contributed by atoms with E-state index in [0.29, 0.717) is 12.6 Å². The molecule has 4 heteroatoms. The Labute approximate surface area is 128 Å². The molecule has 0 aliphatic carbocycles. The van der Waals surface area contributed by atoms with Gasteiger partial charge in [-0.2, -0.15) is 0 Å². The molecule has 1 aromatic heterocycles. The number of nitrogens with zero attached hydrogens (tertiary/aromatic N) is 2. The van der Waals surface area contributed by atoms with Gasteiger partial charge in [0, 0.05) is 36.6 Å². The molecule has 0 radical (unpaired) electrons. The van der Waals surface area contributed by atoms with Gasteiger partial charge in [0.15, 0.2) is 5.78 Å². The SMILES string of the molecule is CCN(CC(=O)c1cc(C)n(CC)c1C)CC1CCCO1. The number of likely N-dealkylation sites (N-methyl/N-ethyl adjacent to an activating group) is 1. The van der Waals surface area contributed by atoms with Crippen LogP contribution < -0.4 is 0 Å². The van der Waals surface area contributed by atoms with Crippen molar-refractivity contribution in [2.45, 2.75) is 53.2 Å². The summed E-state index contributed by atoms with van der Waals surface area (Å²) in [7, 11) is 0. The van der Waals surface area contributed by atoms with Crippen molar-refractivity contribution >= 4 is 5.78 Å². The number of hydrogen-bond donors (Lipinski definition) is 0. The topological polar surface area (TPSA) is 34.5 Å². The summed E-state index contributed by atoms with van der Waals surface area (Å²) in [4.78, 5) is 14.8. The van der Waals surface area contributed by atoms with Gasteiger partial charge in [-0.25, -0.2) is 0 Å². The Bertz CT molecular complexity index is 487. The van der Waals surface area contributed by atoms with Crippen LogP contribution in [0.1, 0.15) is 48.4 Å². The number of rotatable bonds is 7. The molecule has 0 amide bonds. The molecule has 0 bridgehead atoms. The molecule has 118 valence electrons. The molecule has 0 saturated carbocycles. The maximum Gasteiger partial charge on any atom is 0.178 e. The molecular formula is C17H28N2O2. The molecule has 0 N–H and O–H groups in total. The molecule has 2 heterocycles. The quantitative estimate of drug-likeness (QED) is 0.725. The van der Waals surface area contributed by atoms with Crippen LogP contribution in [0.4, 0.5) is 0 Å². The van der Waals surface area contributed by atoms with E-state index >= 15 is 0 Å². The fourth-order valence-corrected chi connectivity index (χ4v) is 3.24. The third-order valence-corrected chi connectivity index (χ3v) is 4.49. The predicted molar refractivity (Wildman–Crippen MR) is 85.0 cm³/mol. The highest BCUT2D eigenvalue weighted by Gasteiger charge is 2.22. The summed E-state index contributed by atoms with van der Waals surface area (Å²) in [5.74, 6) is 0.225. The minimum Gasteiger partial charge on any atom is -0.377 e. The third-order valence-electron chi connectivity index (χ3n) is 4.49. The highest BCUT2D eigenvalue weighted by Crippen LogP contribution is 2.17. The Hall–Kier alpha value is -1.13. The summed E-state index contributed by atoms with van der Waals surface area (Å²) in [6.45, 7) is 12.4. The Morgan fingerprint density at radius 1 is 1.43 bits per heavy atom. The third kappa shape index (κ3) is 3.74. The van der Waals surface area contributed by atoms with Crippen molar-refractivity contribution in [3.05, 3.63) is 23.0 Å². The van der Waals surface area contributed by atoms with E-state index in [1.807, 2.05) is 13.0 Å². The summed E-state index contributed by atoms with van der Waals surface area (Å²) in [5, 5.41) is 0. The first kappa shape index (κ1) is 16.2. The van der Waals surface area contributed by atoms with E-state index in [9.17, 15) is 4.79 Å². The van der Waals surface area contributed by atoms with Crippen LogP contribution in [0.25, 0.3) is 0 Å². The molecule has 1 unspecified atom stereocenters. The second-order valence-corrected chi connectivity index (χ2v) is 5.92. The maximum absolute atomic E-state index is 12.6. The summed E-state index contributed by atoms with van der Waals surface area (Å²) in [5.41, 5.74) is 3.13. The van der Waals surface area contributed by atoms with Crippen LogP contribution in [-0.4, -0.2) is 47.6 Å². The first-order chi connectivity index (χ1) is 10.1. The lowest BCUT2D eigenvalue weighted by Crippen LogP contribution is -2.36. The number of ether oxygens (including phenoxy) is 1. The molecule has 2 rings (SSSR count). The molecule has 1 aromatic rings. The molecule has 1 aliphatic heterocycles. The molecule has 1 atom stereocenters. The number of carbonyl (C=O) groups is 1. The highest BCUT2D eigenvalue weighted by atomic mass is 16.5. The minimum absolute atomic E-state index is 0.225. The first-order valence-corrected chi connectivity index (χ1v) is 8.10. The fraction of sp³-hybridized carbons (Fsp3) is 0.706. The van der Waals surface area contributed by atoms with Gasteiger partial charge in [0.1, 0.15) is 0 Å². The molecule has 21 heavy (non-hydrogen) atoms. The van der Waals surface area contributed by atoms with Crippen LogP contribution in [0.3, 0.4) is 0 Å². The van der Waals surface area contributed by atoms with Gasteiger partial charge in [-0.3, -0.25) is 9.69 Å². The van der Waals surface area contributed by atoms with Crippen LogP contribution >= 0.6 is 0 Å². The lowest BCUT2D eigenvalue weighted by Gasteiger charge is -2.22. The lowest BCUT2D eigenvalue weighted by atomic mass is 10.1. The van der Waals surface area contributed by atoms with Crippen molar-refractivity contribution in [1.82, 2.24) is 9.47 Å². The highest BCUT2D eigenvalue weighted by molar-refractivity contribution is 5.99. The molecule has 1 aliphatic rings. The second kappa shape index (κ2) is 7.23. The zero-order chi connectivity index (χ0) is 15.4. The summed E-state index contributed by atoms with van der Waals surface area (Å²) in [6, 6.07) is 2.03. The standard InChI is InChI=1S/C17H28N2O2/c1-5-18(11-15-8-7-9-21-15)12-17(20)16-10-13(3)19(6-2)14(16)4/h10,15H,5-9,11-12H2,1-4H3. The van der Waals surface area contributed by atoms with Gasteiger partial charge >= 0.3 is 0 Å². The fourth-order valence-electron chi connectivity index (χ4n) is 3.24. The smallest absolute Gasteiger partial charge is 0.178 e. The Morgan fingerprint density at radius 2 is 2.19 bits per heavy atom. The van der Waals surface area contributed by atoms with Crippen LogP contribution in [0.5, 0.6) is 0 Å². The number of aromatic nitrogens is 1. The zero-order valence-electron chi connectivity index (χ0n) is 13.8.